The van der Waals surface area contributed by atoms with Crippen molar-refractivity contribution in [3.8, 4) is 0 Å². The fraction of sp³-hybridized carbons (Fsp3) is 0.857. The first-order valence-corrected chi connectivity index (χ1v) is 6.15. The summed E-state index contributed by atoms with van der Waals surface area (Å²) >= 11 is 0. The van der Waals surface area contributed by atoms with Gasteiger partial charge in [-0.25, -0.2) is 8.42 Å². The molecule has 9 heteroatoms. The second-order valence-electron chi connectivity index (χ2n) is 3.49. The smallest absolute Gasteiger partial charge is 0.350 e. The number of hydrogen-bond donors (Lipinski definition) is 2. The monoisotopic (exact) mass is 257 g/mol. The average molecular weight is 257 g/mol. The molecule has 0 saturated heterocycles. The lowest BCUT2D eigenvalue weighted by molar-refractivity contribution is 0.218. The fourth-order valence-electron chi connectivity index (χ4n) is 1.26. The molecule has 0 heterocycles. The van der Waals surface area contributed by atoms with Gasteiger partial charge in [-0.15, -0.1) is 0 Å². The SMILES string of the molecule is NC(CCN(C1CC1)S(=O)(=O)C(F)F)=NO. The van der Waals surface area contributed by atoms with Gasteiger partial charge >= 0.3 is 5.76 Å². The molecule has 16 heavy (non-hydrogen) atoms. The third-order valence-electron chi connectivity index (χ3n) is 2.22. The van der Waals surface area contributed by atoms with E-state index in [0.29, 0.717) is 12.8 Å². The molecular formula is C7H13F2N3O3S. The molecule has 0 spiro atoms. The molecular weight excluding hydrogens is 244 g/mol. The van der Waals surface area contributed by atoms with E-state index in [1.54, 1.807) is 0 Å². The van der Waals surface area contributed by atoms with Crippen LogP contribution in [0.3, 0.4) is 0 Å². The van der Waals surface area contributed by atoms with Crippen LogP contribution in [-0.2, 0) is 10.0 Å². The summed E-state index contributed by atoms with van der Waals surface area (Å²) in [6.07, 6.45) is 1.07. The molecule has 0 aromatic carbocycles. The molecule has 0 amide bonds. The van der Waals surface area contributed by atoms with Gasteiger partial charge < -0.3 is 10.9 Å². The third-order valence-corrected chi connectivity index (χ3v) is 3.81. The van der Waals surface area contributed by atoms with Gasteiger partial charge in [-0.3, -0.25) is 0 Å². The molecule has 3 N–H and O–H groups in total. The highest BCUT2D eigenvalue weighted by Crippen LogP contribution is 2.31. The molecule has 0 bridgehead atoms. The summed E-state index contributed by atoms with van der Waals surface area (Å²) < 4.78 is 47.9. The Labute approximate surface area is 91.8 Å². The first-order chi connectivity index (χ1) is 7.39. The summed E-state index contributed by atoms with van der Waals surface area (Å²) in [4.78, 5) is 0. The minimum Gasteiger partial charge on any atom is -0.409 e. The molecule has 0 atom stereocenters. The summed E-state index contributed by atoms with van der Waals surface area (Å²) in [7, 11) is -4.57. The summed E-state index contributed by atoms with van der Waals surface area (Å²) in [5.41, 5.74) is 5.15. The van der Waals surface area contributed by atoms with Crippen LogP contribution in [0.1, 0.15) is 19.3 Å². The van der Waals surface area contributed by atoms with Gasteiger partial charge in [-0.2, -0.15) is 13.1 Å². The third kappa shape index (κ3) is 3.01. The highest BCUT2D eigenvalue weighted by Gasteiger charge is 2.41. The minimum absolute atomic E-state index is 0.0705. The Morgan fingerprint density at radius 2 is 2.12 bits per heavy atom. The van der Waals surface area contributed by atoms with Crippen LogP contribution in [0, 0.1) is 0 Å². The summed E-state index contributed by atoms with van der Waals surface area (Å²) in [5.74, 6) is -3.62. The minimum atomic E-state index is -4.57. The number of nitrogens with two attached hydrogens (primary N) is 1. The van der Waals surface area contributed by atoms with Gasteiger partial charge in [0.25, 0.3) is 10.0 Å². The predicted octanol–water partition coefficient (Wildman–Crippen LogP) is 0.140. The Kier molecular flexibility index (Phi) is 4.03. The number of hydrogen-bond acceptors (Lipinski definition) is 4. The Hall–Kier alpha value is -0.960. The first kappa shape index (κ1) is 13.1. The van der Waals surface area contributed by atoms with Crippen LogP contribution in [0.2, 0.25) is 0 Å². The maximum atomic E-state index is 12.3. The van der Waals surface area contributed by atoms with Gasteiger partial charge in [-0.1, -0.05) is 5.16 Å². The number of oxime groups is 1. The largest absolute Gasteiger partial charge is 0.409 e. The zero-order valence-corrected chi connectivity index (χ0v) is 9.20. The van der Waals surface area contributed by atoms with Crippen LogP contribution >= 0.6 is 0 Å². The normalized spacial score (nSPS) is 18.4. The van der Waals surface area contributed by atoms with Crippen molar-refractivity contribution in [3.05, 3.63) is 0 Å². The molecule has 1 aliphatic rings. The van der Waals surface area contributed by atoms with Crippen molar-refractivity contribution in [1.82, 2.24) is 4.31 Å². The molecule has 94 valence electrons. The number of halogens is 2. The molecule has 1 fully saturated rings. The molecule has 1 saturated carbocycles. The van der Waals surface area contributed by atoms with Crippen molar-refractivity contribution in [1.29, 1.82) is 0 Å². The quantitative estimate of drug-likeness (QED) is 0.306. The van der Waals surface area contributed by atoms with E-state index in [1.807, 2.05) is 0 Å². The Bertz CT molecular complexity index is 367. The van der Waals surface area contributed by atoms with Crippen molar-refractivity contribution in [3.63, 3.8) is 0 Å². The van der Waals surface area contributed by atoms with Crippen molar-refractivity contribution in [2.75, 3.05) is 6.54 Å². The maximum Gasteiger partial charge on any atom is 0.350 e. The predicted molar refractivity (Wildman–Crippen MR) is 52.7 cm³/mol. The second kappa shape index (κ2) is 4.91. The molecule has 1 rings (SSSR count). The van der Waals surface area contributed by atoms with Crippen LogP contribution in [-0.4, -0.2) is 42.1 Å². The zero-order valence-electron chi connectivity index (χ0n) is 8.38. The van der Waals surface area contributed by atoms with Crippen LogP contribution < -0.4 is 5.73 Å². The molecule has 6 nitrogen and oxygen atoms in total. The van der Waals surface area contributed by atoms with E-state index < -0.39 is 15.8 Å². The highest BCUT2D eigenvalue weighted by molar-refractivity contribution is 7.89. The van der Waals surface area contributed by atoms with Gasteiger partial charge in [0.05, 0.1) is 0 Å². The molecule has 0 aromatic rings. The topological polar surface area (TPSA) is 96.0 Å². The molecule has 0 aliphatic heterocycles. The van der Waals surface area contributed by atoms with E-state index in [9.17, 15) is 17.2 Å². The van der Waals surface area contributed by atoms with Crippen LogP contribution in [0.5, 0.6) is 0 Å². The second-order valence-corrected chi connectivity index (χ2v) is 5.34. The fourth-order valence-corrected chi connectivity index (χ4v) is 2.43. The highest BCUT2D eigenvalue weighted by atomic mass is 32.2. The van der Waals surface area contributed by atoms with Crippen molar-refractivity contribution in [2.45, 2.75) is 31.1 Å². The van der Waals surface area contributed by atoms with Crippen molar-refractivity contribution in [2.24, 2.45) is 10.9 Å². The van der Waals surface area contributed by atoms with E-state index in [4.69, 9.17) is 10.9 Å². The number of sulfonamides is 1. The van der Waals surface area contributed by atoms with Gasteiger partial charge in [-0.05, 0) is 12.8 Å². The van der Waals surface area contributed by atoms with Gasteiger partial charge in [0.1, 0.15) is 5.84 Å². The number of amidine groups is 1. The van der Waals surface area contributed by atoms with E-state index >= 15 is 0 Å². The maximum absolute atomic E-state index is 12.3. The van der Waals surface area contributed by atoms with Gasteiger partial charge in [0.15, 0.2) is 0 Å². The zero-order chi connectivity index (χ0) is 12.3. The van der Waals surface area contributed by atoms with Crippen LogP contribution in [0.25, 0.3) is 0 Å². The molecule has 0 unspecified atom stereocenters. The summed E-state index contributed by atoms with van der Waals surface area (Å²) in [6.45, 7) is -0.187. The van der Waals surface area contributed by atoms with Crippen LogP contribution in [0.4, 0.5) is 8.78 Å². The lowest BCUT2D eigenvalue weighted by Gasteiger charge is -2.20. The average Bonchev–Trinajstić information content (AvgIpc) is 3.01. The Balaban J connectivity index is 2.69. The lowest BCUT2D eigenvalue weighted by atomic mass is 10.4. The lowest BCUT2D eigenvalue weighted by Crippen LogP contribution is -2.39. The molecule has 0 radical (unpaired) electrons. The van der Waals surface area contributed by atoms with Crippen molar-refractivity contribution < 1.29 is 22.4 Å². The van der Waals surface area contributed by atoms with E-state index in [0.717, 1.165) is 4.31 Å². The number of nitrogens with zero attached hydrogens (tertiary/aromatic N) is 2. The van der Waals surface area contributed by atoms with E-state index in [1.165, 1.54) is 0 Å². The summed E-state index contributed by atoms with van der Waals surface area (Å²) in [5, 5.41) is 10.9. The van der Waals surface area contributed by atoms with Crippen molar-refractivity contribution >= 4 is 15.9 Å². The Morgan fingerprint density at radius 3 is 2.50 bits per heavy atom. The number of alkyl halides is 2. The van der Waals surface area contributed by atoms with Crippen LogP contribution in [0.15, 0.2) is 5.16 Å². The molecule has 0 aromatic heterocycles. The van der Waals surface area contributed by atoms with Gasteiger partial charge in [0.2, 0.25) is 0 Å². The summed E-state index contributed by atoms with van der Waals surface area (Å²) in [6, 6.07) is -0.370. The first-order valence-electron chi connectivity index (χ1n) is 4.64. The van der Waals surface area contributed by atoms with E-state index in [2.05, 4.69) is 5.16 Å². The van der Waals surface area contributed by atoms with Gasteiger partial charge in [0, 0.05) is 19.0 Å². The van der Waals surface area contributed by atoms with E-state index in [-0.39, 0.29) is 24.8 Å². The Morgan fingerprint density at radius 1 is 1.56 bits per heavy atom. The molecule has 1 aliphatic carbocycles. The number of rotatable bonds is 6. The standard InChI is InChI=1S/C7H13F2N3O3S/c8-7(9)16(14,15)12(5-1-2-5)4-3-6(10)11-13/h5,7,13H,1-4H2,(H2,10,11).